The minimum atomic E-state index is -3.95. The number of ether oxygens (including phenoxy) is 1. The van der Waals surface area contributed by atoms with E-state index >= 15 is 0 Å². The molecule has 0 spiro atoms. The molecule has 0 aliphatic rings. The van der Waals surface area contributed by atoms with Crippen LogP contribution in [0.3, 0.4) is 0 Å². The second-order valence-electron chi connectivity index (χ2n) is 8.50. The van der Waals surface area contributed by atoms with Gasteiger partial charge in [-0.2, -0.15) is 0 Å². The van der Waals surface area contributed by atoms with Gasteiger partial charge in [0.15, 0.2) is 0 Å². The third-order valence-corrected chi connectivity index (χ3v) is 7.41. The van der Waals surface area contributed by atoms with E-state index in [4.69, 9.17) is 4.74 Å². The summed E-state index contributed by atoms with van der Waals surface area (Å²) in [5.74, 6) is -0.479. The number of esters is 1. The Morgan fingerprint density at radius 1 is 0.824 bits per heavy atom. The fraction of sp³-hybridized carbons (Fsp3) is 0.179. The summed E-state index contributed by atoms with van der Waals surface area (Å²) in [4.78, 5) is 11.9. The molecule has 0 bridgehead atoms. The van der Waals surface area contributed by atoms with Crippen LogP contribution in [0.25, 0.3) is 22.3 Å². The van der Waals surface area contributed by atoms with Crippen molar-refractivity contribution in [2.24, 2.45) is 0 Å². The van der Waals surface area contributed by atoms with Crippen LogP contribution in [0.4, 0.5) is 0 Å². The molecule has 0 fully saturated rings. The minimum absolute atomic E-state index is 0.170. The van der Waals surface area contributed by atoms with Crippen molar-refractivity contribution < 1.29 is 17.9 Å². The topological polar surface area (TPSA) is 65.4 Å². The van der Waals surface area contributed by atoms with E-state index in [9.17, 15) is 13.2 Å². The lowest BCUT2D eigenvalue weighted by atomic mass is 9.95. The van der Waals surface area contributed by atoms with E-state index in [0.717, 1.165) is 38.9 Å². The third kappa shape index (κ3) is 4.68. The van der Waals surface area contributed by atoms with Crippen molar-refractivity contribution in [1.82, 2.24) is 3.97 Å². The molecule has 4 aromatic rings. The highest BCUT2D eigenvalue weighted by Gasteiger charge is 2.27. The van der Waals surface area contributed by atoms with Crippen LogP contribution in [-0.2, 0) is 26.2 Å². The highest BCUT2D eigenvalue weighted by Crippen LogP contribution is 2.39. The van der Waals surface area contributed by atoms with Gasteiger partial charge < -0.3 is 4.74 Å². The Balaban J connectivity index is 2.05. The van der Waals surface area contributed by atoms with Gasteiger partial charge in [0.25, 0.3) is 10.0 Å². The predicted octanol–water partition coefficient (Wildman–Crippen LogP) is 6.05. The van der Waals surface area contributed by atoms with E-state index < -0.39 is 16.0 Å². The van der Waals surface area contributed by atoms with Crippen molar-refractivity contribution in [3.8, 4) is 22.3 Å². The normalized spacial score (nSPS) is 11.4. The number of carbonyl (C=O) groups excluding carboxylic acids is 1. The molecule has 6 heteroatoms. The van der Waals surface area contributed by atoms with Gasteiger partial charge in [-0.1, -0.05) is 77.4 Å². The van der Waals surface area contributed by atoms with E-state index in [0.29, 0.717) is 5.69 Å². The average Bonchev–Trinajstić information content (AvgIpc) is 3.18. The quantitative estimate of drug-likeness (QED) is 0.320. The Morgan fingerprint density at radius 3 is 2.00 bits per heavy atom. The summed E-state index contributed by atoms with van der Waals surface area (Å²) in [7, 11) is -3.95. The largest absolute Gasteiger partial charge is 0.459 e. The molecule has 0 radical (unpaired) electrons. The first kappa shape index (κ1) is 23.5. The van der Waals surface area contributed by atoms with E-state index in [1.807, 2.05) is 69.3 Å². The Labute approximate surface area is 200 Å². The van der Waals surface area contributed by atoms with E-state index in [2.05, 4.69) is 0 Å². The molecular weight excluding hydrogens is 446 g/mol. The number of hydrogen-bond donors (Lipinski definition) is 0. The highest BCUT2D eigenvalue weighted by molar-refractivity contribution is 7.90. The van der Waals surface area contributed by atoms with Crippen molar-refractivity contribution in [3.63, 3.8) is 0 Å². The number of hydrogen-bond acceptors (Lipinski definition) is 4. The molecule has 0 saturated heterocycles. The van der Waals surface area contributed by atoms with Crippen molar-refractivity contribution in [3.05, 3.63) is 101 Å². The van der Waals surface area contributed by atoms with Crippen LogP contribution in [-0.4, -0.2) is 18.4 Å². The zero-order chi connectivity index (χ0) is 24.5. The summed E-state index contributed by atoms with van der Waals surface area (Å²) in [6.07, 6.45) is 1.64. The Kier molecular flexibility index (Phi) is 6.44. The molecule has 0 unspecified atom stereocenters. The van der Waals surface area contributed by atoms with Gasteiger partial charge >= 0.3 is 5.97 Å². The predicted molar refractivity (Wildman–Crippen MR) is 134 cm³/mol. The smallest absolute Gasteiger partial charge is 0.303 e. The molecule has 34 heavy (non-hydrogen) atoms. The van der Waals surface area contributed by atoms with Gasteiger partial charge in [0.2, 0.25) is 0 Å². The average molecular weight is 474 g/mol. The summed E-state index contributed by atoms with van der Waals surface area (Å²) in [5, 5.41) is 0. The zero-order valence-electron chi connectivity index (χ0n) is 19.7. The number of benzene rings is 3. The summed E-state index contributed by atoms with van der Waals surface area (Å²) in [5.41, 5.74) is 6.70. The maximum absolute atomic E-state index is 13.8. The van der Waals surface area contributed by atoms with Crippen molar-refractivity contribution in [1.29, 1.82) is 0 Å². The van der Waals surface area contributed by atoms with Gasteiger partial charge in [0, 0.05) is 24.2 Å². The molecule has 174 valence electrons. The third-order valence-electron chi connectivity index (χ3n) is 5.70. The molecule has 4 rings (SSSR count). The van der Waals surface area contributed by atoms with Gasteiger partial charge in [-0.15, -0.1) is 0 Å². The van der Waals surface area contributed by atoms with E-state index in [-0.39, 0.29) is 11.5 Å². The van der Waals surface area contributed by atoms with Gasteiger partial charge in [0.1, 0.15) is 6.61 Å². The lowest BCUT2D eigenvalue weighted by molar-refractivity contribution is -0.142. The highest BCUT2D eigenvalue weighted by atomic mass is 32.2. The summed E-state index contributed by atoms with van der Waals surface area (Å²) >= 11 is 0. The zero-order valence-corrected chi connectivity index (χ0v) is 20.5. The van der Waals surface area contributed by atoms with Crippen LogP contribution in [0.15, 0.2) is 83.9 Å². The van der Waals surface area contributed by atoms with Crippen molar-refractivity contribution in [2.75, 3.05) is 0 Å². The molecule has 1 aromatic heterocycles. The first-order valence-electron chi connectivity index (χ1n) is 11.0. The monoisotopic (exact) mass is 473 g/mol. The molecule has 0 amide bonds. The Hall–Kier alpha value is -3.64. The van der Waals surface area contributed by atoms with Crippen LogP contribution in [0.1, 0.15) is 29.3 Å². The van der Waals surface area contributed by atoms with Gasteiger partial charge in [0.05, 0.1) is 10.6 Å². The van der Waals surface area contributed by atoms with Gasteiger partial charge in [-0.3, -0.25) is 4.79 Å². The molecule has 5 nitrogen and oxygen atoms in total. The number of aromatic nitrogens is 1. The lowest BCUT2D eigenvalue weighted by Crippen LogP contribution is -2.16. The number of aryl methyl sites for hydroxylation is 3. The minimum Gasteiger partial charge on any atom is -0.459 e. The molecule has 1 heterocycles. The summed E-state index contributed by atoms with van der Waals surface area (Å²) in [6.45, 7) is 7.03. The number of nitrogens with zero attached hydrogens (tertiary/aromatic N) is 1. The van der Waals surface area contributed by atoms with Gasteiger partial charge in [-0.05, 0) is 44.0 Å². The van der Waals surface area contributed by atoms with Crippen LogP contribution >= 0.6 is 0 Å². The molecule has 0 aliphatic carbocycles. The Bertz CT molecular complexity index is 1460. The molecular formula is C28H27NO4S. The van der Waals surface area contributed by atoms with Crippen LogP contribution < -0.4 is 0 Å². The van der Waals surface area contributed by atoms with Gasteiger partial charge in [-0.25, -0.2) is 12.4 Å². The van der Waals surface area contributed by atoms with Crippen LogP contribution in [0.5, 0.6) is 0 Å². The van der Waals surface area contributed by atoms with E-state index in [1.54, 1.807) is 30.5 Å². The molecule has 0 saturated carbocycles. The lowest BCUT2D eigenvalue weighted by Gasteiger charge is -2.13. The molecule has 0 aliphatic heterocycles. The first-order chi connectivity index (χ1) is 16.2. The standard InChI is InChI=1S/C28H27NO4S/c1-19-11-13-25(14-12-19)34(31,32)29-17-26(23-9-5-7-20(2)15-23)28(27(29)18-33-22(4)30)24-10-6-8-21(3)16-24/h5-17H,18H2,1-4H3. The second kappa shape index (κ2) is 9.31. The first-order valence-corrected chi connectivity index (χ1v) is 12.4. The molecule has 3 aromatic carbocycles. The number of rotatable bonds is 6. The van der Waals surface area contributed by atoms with E-state index in [1.165, 1.54) is 10.9 Å². The van der Waals surface area contributed by atoms with Crippen molar-refractivity contribution >= 4 is 16.0 Å². The fourth-order valence-electron chi connectivity index (χ4n) is 4.02. The maximum atomic E-state index is 13.8. The maximum Gasteiger partial charge on any atom is 0.303 e. The van der Waals surface area contributed by atoms with Crippen molar-refractivity contribution in [2.45, 2.75) is 39.2 Å². The number of carbonyl (C=O) groups is 1. The SMILES string of the molecule is CC(=O)OCc1c(-c2cccc(C)c2)c(-c2cccc(C)c2)cn1S(=O)(=O)c1ccc(C)cc1. The fourth-order valence-corrected chi connectivity index (χ4v) is 5.41. The summed E-state index contributed by atoms with van der Waals surface area (Å²) in [6, 6.07) is 22.5. The summed E-state index contributed by atoms with van der Waals surface area (Å²) < 4.78 is 34.2. The second-order valence-corrected chi connectivity index (χ2v) is 10.3. The molecule has 0 N–H and O–H groups in total. The van der Waals surface area contributed by atoms with Crippen LogP contribution in [0.2, 0.25) is 0 Å². The molecule has 0 atom stereocenters. The van der Waals surface area contributed by atoms with Crippen LogP contribution in [0, 0.1) is 20.8 Å². The Morgan fingerprint density at radius 2 is 1.41 bits per heavy atom.